The number of carbonyl (C=O) groups excluding carboxylic acids is 1. The number of fused-ring (bicyclic) bond motifs is 1. The van der Waals surface area contributed by atoms with Gasteiger partial charge < -0.3 is 9.67 Å². The first kappa shape index (κ1) is 20.8. The molecular weight excluding hydrogens is 461 g/mol. The van der Waals surface area contributed by atoms with Crippen LogP contribution in [0.15, 0.2) is 70.2 Å². The Bertz CT molecular complexity index is 1340. The molecule has 5 nitrogen and oxygen atoms in total. The highest BCUT2D eigenvalue weighted by Gasteiger charge is 2.14. The summed E-state index contributed by atoms with van der Waals surface area (Å²) in [6, 6.07) is 17.4. The maximum atomic E-state index is 14.4. The van der Waals surface area contributed by atoms with E-state index in [4.69, 9.17) is 0 Å². The first-order chi connectivity index (χ1) is 14.8. The van der Waals surface area contributed by atoms with E-state index in [1.165, 1.54) is 12.3 Å². The fraction of sp³-hybridized carbons (Fsp3) is 0.0833. The molecule has 1 amide bonds. The number of phenols is 1. The van der Waals surface area contributed by atoms with Crippen molar-refractivity contribution in [1.29, 1.82) is 0 Å². The molecular formula is C24H19BrFN3O2. The van der Waals surface area contributed by atoms with Gasteiger partial charge >= 0.3 is 0 Å². The van der Waals surface area contributed by atoms with Gasteiger partial charge in [-0.3, -0.25) is 4.79 Å². The summed E-state index contributed by atoms with van der Waals surface area (Å²) in [5, 5.41) is 15.9. The maximum absolute atomic E-state index is 14.4. The molecule has 4 rings (SSSR count). The van der Waals surface area contributed by atoms with Crippen molar-refractivity contribution in [1.82, 2.24) is 9.99 Å². The summed E-state index contributed by atoms with van der Waals surface area (Å²) in [4.78, 5) is 12.5. The number of phenolic OH excluding ortho intramolecular Hbond substituents is 1. The average molecular weight is 480 g/mol. The molecule has 156 valence electrons. The standard InChI is InChI=1S/C24H19BrFN3O2/c1-14-9-18(15(2)29(14)22-8-7-19(25)12-21(22)26)13-27-28-24(31)20-10-16-5-3-4-6-17(16)11-23(20)30/h3-13,30H,1-2H3,(H,28,31). The van der Waals surface area contributed by atoms with E-state index in [0.29, 0.717) is 10.2 Å². The van der Waals surface area contributed by atoms with Gasteiger partial charge in [-0.15, -0.1) is 0 Å². The van der Waals surface area contributed by atoms with E-state index in [1.807, 2.05) is 44.2 Å². The Morgan fingerprint density at radius 1 is 1.10 bits per heavy atom. The van der Waals surface area contributed by atoms with Crippen LogP contribution in [0.4, 0.5) is 4.39 Å². The van der Waals surface area contributed by atoms with Crippen molar-refractivity contribution in [2.75, 3.05) is 0 Å². The zero-order chi connectivity index (χ0) is 22.1. The summed E-state index contributed by atoms with van der Waals surface area (Å²) in [5.41, 5.74) is 5.37. The van der Waals surface area contributed by atoms with Gasteiger partial charge in [0.15, 0.2) is 0 Å². The van der Waals surface area contributed by atoms with Crippen LogP contribution in [0.2, 0.25) is 0 Å². The van der Waals surface area contributed by atoms with Crippen LogP contribution < -0.4 is 5.43 Å². The molecule has 7 heteroatoms. The van der Waals surface area contributed by atoms with Crippen molar-refractivity contribution in [2.24, 2.45) is 5.10 Å². The zero-order valence-electron chi connectivity index (χ0n) is 16.9. The number of hydrogen-bond donors (Lipinski definition) is 2. The second-order valence-corrected chi connectivity index (χ2v) is 8.09. The third-order valence-electron chi connectivity index (χ3n) is 5.10. The van der Waals surface area contributed by atoms with Gasteiger partial charge in [0.05, 0.1) is 17.5 Å². The normalized spacial score (nSPS) is 11.4. The summed E-state index contributed by atoms with van der Waals surface area (Å²) in [7, 11) is 0. The Morgan fingerprint density at radius 2 is 1.81 bits per heavy atom. The average Bonchev–Trinajstić information content (AvgIpc) is 3.01. The molecule has 1 aromatic heterocycles. The lowest BCUT2D eigenvalue weighted by Crippen LogP contribution is -2.17. The molecule has 0 saturated heterocycles. The van der Waals surface area contributed by atoms with Crippen LogP contribution in [0.1, 0.15) is 27.3 Å². The summed E-state index contributed by atoms with van der Waals surface area (Å²) >= 11 is 3.27. The van der Waals surface area contributed by atoms with Gasteiger partial charge in [0.2, 0.25) is 0 Å². The number of halogens is 2. The van der Waals surface area contributed by atoms with Crippen LogP contribution in [-0.4, -0.2) is 21.8 Å². The lowest BCUT2D eigenvalue weighted by molar-refractivity contribution is 0.0952. The SMILES string of the molecule is Cc1cc(C=NNC(=O)c2cc3ccccc3cc2O)c(C)n1-c1ccc(Br)cc1F. The van der Waals surface area contributed by atoms with Crippen molar-refractivity contribution in [3.63, 3.8) is 0 Å². The Morgan fingerprint density at radius 3 is 2.52 bits per heavy atom. The molecule has 0 saturated carbocycles. The molecule has 0 spiro atoms. The van der Waals surface area contributed by atoms with Gasteiger partial charge in [0.1, 0.15) is 11.6 Å². The van der Waals surface area contributed by atoms with E-state index in [9.17, 15) is 14.3 Å². The highest BCUT2D eigenvalue weighted by molar-refractivity contribution is 9.10. The lowest BCUT2D eigenvalue weighted by atomic mass is 10.1. The maximum Gasteiger partial charge on any atom is 0.275 e. The van der Waals surface area contributed by atoms with E-state index in [1.54, 1.807) is 28.8 Å². The van der Waals surface area contributed by atoms with Gasteiger partial charge in [-0.05, 0) is 61.0 Å². The molecule has 31 heavy (non-hydrogen) atoms. The predicted octanol–water partition coefficient (Wildman–Crippen LogP) is 5.62. The van der Waals surface area contributed by atoms with Crippen LogP contribution >= 0.6 is 15.9 Å². The van der Waals surface area contributed by atoms with Crippen LogP contribution in [-0.2, 0) is 0 Å². The van der Waals surface area contributed by atoms with Crippen molar-refractivity contribution in [3.8, 4) is 11.4 Å². The number of hydrazone groups is 1. The van der Waals surface area contributed by atoms with Gasteiger partial charge in [-0.25, -0.2) is 9.82 Å². The van der Waals surface area contributed by atoms with Crippen LogP contribution in [0, 0.1) is 19.7 Å². The van der Waals surface area contributed by atoms with Crippen LogP contribution in [0.3, 0.4) is 0 Å². The second kappa shape index (κ2) is 8.35. The molecule has 2 N–H and O–H groups in total. The van der Waals surface area contributed by atoms with Crippen molar-refractivity contribution in [2.45, 2.75) is 13.8 Å². The number of aromatic hydroxyl groups is 1. The van der Waals surface area contributed by atoms with Crippen molar-refractivity contribution < 1.29 is 14.3 Å². The number of hydrogen-bond acceptors (Lipinski definition) is 3. The summed E-state index contributed by atoms with van der Waals surface area (Å²) < 4.78 is 16.9. The Hall–Kier alpha value is -3.45. The first-order valence-corrected chi connectivity index (χ1v) is 10.3. The smallest absolute Gasteiger partial charge is 0.275 e. The van der Waals surface area contributed by atoms with E-state index in [2.05, 4.69) is 26.5 Å². The fourth-order valence-electron chi connectivity index (χ4n) is 3.58. The van der Waals surface area contributed by atoms with E-state index in [0.717, 1.165) is 27.7 Å². The molecule has 0 unspecified atom stereocenters. The number of nitrogens with zero attached hydrogens (tertiary/aromatic N) is 2. The molecule has 0 fully saturated rings. The Kier molecular flexibility index (Phi) is 5.61. The zero-order valence-corrected chi connectivity index (χ0v) is 18.4. The van der Waals surface area contributed by atoms with E-state index in [-0.39, 0.29) is 17.1 Å². The number of nitrogens with one attached hydrogen (secondary N) is 1. The predicted molar refractivity (Wildman–Crippen MR) is 124 cm³/mol. The number of carbonyl (C=O) groups is 1. The second-order valence-electron chi connectivity index (χ2n) is 7.17. The molecule has 4 aromatic rings. The minimum Gasteiger partial charge on any atom is -0.507 e. The van der Waals surface area contributed by atoms with Crippen molar-refractivity contribution in [3.05, 3.63) is 93.5 Å². The topological polar surface area (TPSA) is 66.6 Å². The molecule has 0 aliphatic carbocycles. The number of aromatic nitrogens is 1. The summed E-state index contributed by atoms with van der Waals surface area (Å²) in [6.45, 7) is 3.73. The molecule has 0 atom stereocenters. The largest absolute Gasteiger partial charge is 0.507 e. The summed E-state index contributed by atoms with van der Waals surface area (Å²) in [6.07, 6.45) is 1.51. The Labute approximate surface area is 187 Å². The molecule has 0 radical (unpaired) electrons. The molecule has 0 aliphatic heterocycles. The quantitative estimate of drug-likeness (QED) is 0.294. The number of benzene rings is 3. The minimum atomic E-state index is -0.521. The molecule has 3 aromatic carbocycles. The Balaban J connectivity index is 1.57. The van der Waals surface area contributed by atoms with E-state index >= 15 is 0 Å². The van der Waals surface area contributed by atoms with Crippen LogP contribution in [0.25, 0.3) is 16.5 Å². The number of aryl methyl sites for hydroxylation is 1. The van der Waals surface area contributed by atoms with Gasteiger partial charge in [0.25, 0.3) is 5.91 Å². The molecule has 0 bridgehead atoms. The minimum absolute atomic E-state index is 0.115. The number of amides is 1. The third kappa shape index (κ3) is 4.09. The highest BCUT2D eigenvalue weighted by Crippen LogP contribution is 2.26. The molecule has 1 heterocycles. The van der Waals surface area contributed by atoms with Gasteiger partial charge in [-0.2, -0.15) is 5.10 Å². The highest BCUT2D eigenvalue weighted by atomic mass is 79.9. The monoisotopic (exact) mass is 479 g/mol. The third-order valence-corrected chi connectivity index (χ3v) is 5.59. The lowest BCUT2D eigenvalue weighted by Gasteiger charge is -2.11. The first-order valence-electron chi connectivity index (χ1n) is 9.54. The number of rotatable bonds is 4. The van der Waals surface area contributed by atoms with E-state index < -0.39 is 5.91 Å². The van der Waals surface area contributed by atoms with Crippen LogP contribution in [0.5, 0.6) is 5.75 Å². The van der Waals surface area contributed by atoms with Gasteiger partial charge in [0, 0.05) is 21.4 Å². The molecule has 0 aliphatic rings. The fourth-order valence-corrected chi connectivity index (χ4v) is 3.92. The van der Waals surface area contributed by atoms with Crippen molar-refractivity contribution >= 4 is 38.8 Å². The van der Waals surface area contributed by atoms with Gasteiger partial charge in [-0.1, -0.05) is 40.2 Å². The summed E-state index contributed by atoms with van der Waals surface area (Å²) in [5.74, 6) is -0.984.